The van der Waals surface area contributed by atoms with E-state index in [1.54, 1.807) is 12.1 Å². The van der Waals surface area contributed by atoms with E-state index in [0.717, 1.165) is 25.8 Å². The second-order valence-corrected chi connectivity index (χ2v) is 7.64. The van der Waals surface area contributed by atoms with Gasteiger partial charge in [0.1, 0.15) is 5.52 Å². The normalized spacial score (nSPS) is 10.9. The van der Waals surface area contributed by atoms with Crippen LogP contribution in [-0.2, 0) is 6.54 Å². The molecule has 134 valence electrons. The minimum absolute atomic E-state index is 0.193. The fourth-order valence-electron chi connectivity index (χ4n) is 2.71. The van der Waals surface area contributed by atoms with E-state index in [2.05, 4.69) is 32.9 Å². The molecule has 1 heterocycles. The average molecular weight is 489 g/mol. The van der Waals surface area contributed by atoms with Gasteiger partial charge in [-0.15, -0.1) is 0 Å². The van der Waals surface area contributed by atoms with Crippen LogP contribution >= 0.6 is 34.2 Å². The lowest BCUT2D eigenvalue weighted by Gasteiger charge is -2.08. The summed E-state index contributed by atoms with van der Waals surface area (Å²) >= 11 is 8.27. The molecule has 0 saturated carbocycles. The lowest BCUT2D eigenvalue weighted by molar-refractivity contribution is 0.0951. The highest BCUT2D eigenvalue weighted by molar-refractivity contribution is 14.1. The van der Waals surface area contributed by atoms with Crippen LogP contribution in [0.1, 0.15) is 15.9 Å². The van der Waals surface area contributed by atoms with Crippen molar-refractivity contribution in [2.45, 2.75) is 6.54 Å². The van der Waals surface area contributed by atoms with E-state index >= 15 is 0 Å². The Labute approximate surface area is 174 Å². The summed E-state index contributed by atoms with van der Waals surface area (Å²) < 4.78 is 6.74. The third-order valence-electron chi connectivity index (χ3n) is 4.12. The van der Waals surface area contributed by atoms with Crippen molar-refractivity contribution in [2.24, 2.45) is 0 Å². The summed E-state index contributed by atoms with van der Waals surface area (Å²) in [4.78, 5) is 16.8. The Hall–Kier alpha value is -2.38. The molecule has 0 aliphatic heterocycles. The molecule has 0 spiro atoms. The molecule has 4 nitrogen and oxygen atoms in total. The molecule has 4 aromatic rings. The van der Waals surface area contributed by atoms with Gasteiger partial charge in [0, 0.05) is 15.7 Å². The van der Waals surface area contributed by atoms with Crippen LogP contribution < -0.4 is 5.32 Å². The average Bonchev–Trinajstić information content (AvgIpc) is 3.12. The molecule has 0 fully saturated rings. The number of amides is 1. The molecule has 6 heteroatoms. The Morgan fingerprint density at radius 1 is 1.07 bits per heavy atom. The molecule has 27 heavy (non-hydrogen) atoms. The zero-order valence-electron chi connectivity index (χ0n) is 14.1. The fraction of sp³-hybridized carbons (Fsp3) is 0.0476. The van der Waals surface area contributed by atoms with Crippen molar-refractivity contribution in [3.05, 3.63) is 86.4 Å². The summed E-state index contributed by atoms with van der Waals surface area (Å²) in [6.45, 7) is 0.411. The highest BCUT2D eigenvalue weighted by Crippen LogP contribution is 2.24. The zero-order valence-corrected chi connectivity index (χ0v) is 17.0. The topological polar surface area (TPSA) is 55.1 Å². The van der Waals surface area contributed by atoms with Crippen molar-refractivity contribution < 1.29 is 9.21 Å². The van der Waals surface area contributed by atoms with E-state index in [1.165, 1.54) is 0 Å². The van der Waals surface area contributed by atoms with E-state index in [9.17, 15) is 4.79 Å². The van der Waals surface area contributed by atoms with Crippen molar-refractivity contribution in [1.82, 2.24) is 10.3 Å². The first kappa shape index (κ1) is 18.0. The molecular formula is C21H14ClIN2O2. The highest BCUT2D eigenvalue weighted by atomic mass is 127. The number of para-hydroxylation sites is 2. The van der Waals surface area contributed by atoms with Gasteiger partial charge in [-0.3, -0.25) is 4.79 Å². The Bertz CT molecular complexity index is 1090. The molecule has 0 unspecified atom stereocenters. The third kappa shape index (κ3) is 3.99. The van der Waals surface area contributed by atoms with Gasteiger partial charge in [-0.2, -0.15) is 0 Å². The number of aromatic nitrogens is 1. The Morgan fingerprint density at radius 2 is 1.85 bits per heavy atom. The maximum Gasteiger partial charge on any atom is 0.253 e. The van der Waals surface area contributed by atoms with Crippen LogP contribution in [0.4, 0.5) is 0 Å². The highest BCUT2D eigenvalue weighted by Gasteiger charge is 2.11. The predicted molar refractivity (Wildman–Crippen MR) is 115 cm³/mol. The van der Waals surface area contributed by atoms with Gasteiger partial charge >= 0.3 is 0 Å². The lowest BCUT2D eigenvalue weighted by atomic mass is 10.1. The van der Waals surface area contributed by atoms with Crippen molar-refractivity contribution in [1.29, 1.82) is 0 Å². The summed E-state index contributed by atoms with van der Waals surface area (Å²) in [5, 5.41) is 3.34. The van der Waals surface area contributed by atoms with Gasteiger partial charge in [0.15, 0.2) is 5.58 Å². The Balaban J connectivity index is 1.46. The van der Waals surface area contributed by atoms with Gasteiger partial charge in [-0.05, 0) is 70.6 Å². The van der Waals surface area contributed by atoms with Crippen molar-refractivity contribution in [2.75, 3.05) is 0 Å². The SMILES string of the molecule is O=C(NCc1ccc(-c2nc3ccccc3o2)cc1)c1cc(I)ccc1Cl. The first-order valence-corrected chi connectivity index (χ1v) is 9.74. The van der Waals surface area contributed by atoms with E-state index < -0.39 is 0 Å². The molecule has 0 saturated heterocycles. The number of fused-ring (bicyclic) bond motifs is 1. The number of oxazole rings is 1. The minimum Gasteiger partial charge on any atom is -0.436 e. The van der Waals surface area contributed by atoms with E-state index in [1.807, 2.05) is 54.6 Å². The molecule has 3 aromatic carbocycles. The van der Waals surface area contributed by atoms with Crippen molar-refractivity contribution >= 4 is 51.2 Å². The first-order chi connectivity index (χ1) is 13.1. The number of benzene rings is 3. The third-order valence-corrected chi connectivity index (χ3v) is 5.12. The summed E-state index contributed by atoms with van der Waals surface area (Å²) in [5.74, 6) is 0.388. The van der Waals surface area contributed by atoms with Crippen LogP contribution in [0.2, 0.25) is 5.02 Å². The summed E-state index contributed by atoms with van der Waals surface area (Å²) in [5.41, 5.74) is 3.94. The number of halogens is 2. The molecule has 0 aliphatic carbocycles. The zero-order chi connectivity index (χ0) is 18.8. The van der Waals surface area contributed by atoms with E-state index in [0.29, 0.717) is 23.0 Å². The number of nitrogens with zero attached hydrogens (tertiary/aromatic N) is 1. The molecular weight excluding hydrogens is 475 g/mol. The number of hydrogen-bond acceptors (Lipinski definition) is 3. The molecule has 1 N–H and O–H groups in total. The van der Waals surface area contributed by atoms with Crippen molar-refractivity contribution in [3.63, 3.8) is 0 Å². The summed E-state index contributed by atoms with van der Waals surface area (Å²) in [6.07, 6.45) is 0. The van der Waals surface area contributed by atoms with Crippen LogP contribution in [0.25, 0.3) is 22.6 Å². The maximum atomic E-state index is 12.4. The number of carbonyl (C=O) groups is 1. The maximum absolute atomic E-state index is 12.4. The number of hydrogen-bond donors (Lipinski definition) is 1. The van der Waals surface area contributed by atoms with E-state index in [4.69, 9.17) is 16.0 Å². The van der Waals surface area contributed by atoms with E-state index in [-0.39, 0.29) is 5.91 Å². The molecule has 1 amide bonds. The molecule has 4 rings (SSSR count). The molecule has 0 bridgehead atoms. The number of rotatable bonds is 4. The molecule has 0 aliphatic rings. The van der Waals surface area contributed by atoms with Gasteiger partial charge in [0.2, 0.25) is 5.89 Å². The predicted octanol–water partition coefficient (Wildman–Crippen LogP) is 5.68. The van der Waals surface area contributed by atoms with Crippen LogP contribution in [0, 0.1) is 3.57 Å². The van der Waals surface area contributed by atoms with Crippen LogP contribution in [0.15, 0.2) is 71.1 Å². The van der Waals surface area contributed by atoms with Gasteiger partial charge in [-0.1, -0.05) is 35.9 Å². The molecule has 1 aromatic heterocycles. The van der Waals surface area contributed by atoms with Crippen LogP contribution in [-0.4, -0.2) is 10.9 Å². The summed E-state index contributed by atoms with van der Waals surface area (Å²) in [7, 11) is 0. The van der Waals surface area contributed by atoms with Crippen LogP contribution in [0.5, 0.6) is 0 Å². The first-order valence-electron chi connectivity index (χ1n) is 8.28. The standard InChI is InChI=1S/C21H14ClIN2O2/c22-17-10-9-15(23)11-16(17)20(26)24-12-13-5-7-14(8-6-13)21-25-18-3-1-2-4-19(18)27-21/h1-11H,12H2,(H,24,26). The summed E-state index contributed by atoms with van der Waals surface area (Å²) in [6, 6.07) is 20.8. The van der Waals surface area contributed by atoms with Gasteiger partial charge in [0.05, 0.1) is 10.6 Å². The fourth-order valence-corrected chi connectivity index (χ4v) is 3.40. The van der Waals surface area contributed by atoms with Crippen LogP contribution in [0.3, 0.4) is 0 Å². The van der Waals surface area contributed by atoms with Gasteiger partial charge in [0.25, 0.3) is 5.91 Å². The Kier molecular flexibility index (Phi) is 5.13. The number of nitrogens with one attached hydrogen (secondary N) is 1. The molecule has 0 atom stereocenters. The Morgan fingerprint density at radius 3 is 2.63 bits per heavy atom. The quantitative estimate of drug-likeness (QED) is 0.376. The monoisotopic (exact) mass is 488 g/mol. The molecule has 0 radical (unpaired) electrons. The minimum atomic E-state index is -0.193. The van der Waals surface area contributed by atoms with Gasteiger partial charge < -0.3 is 9.73 Å². The largest absolute Gasteiger partial charge is 0.436 e. The second-order valence-electron chi connectivity index (χ2n) is 5.99. The van der Waals surface area contributed by atoms with Crippen molar-refractivity contribution in [3.8, 4) is 11.5 Å². The second kappa shape index (κ2) is 7.70. The smallest absolute Gasteiger partial charge is 0.253 e. The lowest BCUT2D eigenvalue weighted by Crippen LogP contribution is -2.23. The van der Waals surface area contributed by atoms with Gasteiger partial charge in [-0.25, -0.2) is 4.98 Å². The number of carbonyl (C=O) groups excluding carboxylic acids is 1.